The third kappa shape index (κ3) is 7.39. The van der Waals surface area contributed by atoms with Crippen molar-refractivity contribution in [3.63, 3.8) is 0 Å². The molecule has 0 radical (unpaired) electrons. The molecular weight excluding hydrogens is 389 g/mol. The number of nitrogens with two attached hydrogens (primary N) is 1. The van der Waals surface area contributed by atoms with Crippen LogP contribution in [-0.4, -0.2) is 44.0 Å². The van der Waals surface area contributed by atoms with Gasteiger partial charge in [-0.1, -0.05) is 11.6 Å². The van der Waals surface area contributed by atoms with E-state index in [1.54, 1.807) is 0 Å². The Kier molecular flexibility index (Phi) is 7.50. The van der Waals surface area contributed by atoms with Crippen LogP contribution in [0.1, 0.15) is 13.3 Å². The van der Waals surface area contributed by atoms with Gasteiger partial charge >= 0.3 is 12.4 Å². The first kappa shape index (κ1) is 21.5. The molecule has 2 amide bonds. The summed E-state index contributed by atoms with van der Waals surface area (Å²) in [5.74, 6) is -0.548. The minimum Gasteiger partial charge on any atom is -0.404 e. The van der Waals surface area contributed by atoms with Crippen LogP contribution in [0.5, 0.6) is 5.75 Å². The van der Waals surface area contributed by atoms with Crippen molar-refractivity contribution >= 4 is 23.3 Å². The summed E-state index contributed by atoms with van der Waals surface area (Å²) in [7, 11) is 0. The number of ether oxygens (including phenoxy) is 1. The van der Waals surface area contributed by atoms with Crippen LogP contribution >= 0.6 is 11.6 Å². The first-order valence-corrected chi connectivity index (χ1v) is 8.62. The van der Waals surface area contributed by atoms with Crippen LogP contribution in [0, 0.1) is 0 Å². The molecule has 1 aliphatic rings. The molecule has 1 fully saturated rings. The topological polar surface area (TPSA) is 112 Å². The van der Waals surface area contributed by atoms with Crippen molar-refractivity contribution in [2.24, 2.45) is 5.73 Å². The molecule has 8 nitrogen and oxygen atoms in total. The highest BCUT2D eigenvalue weighted by atomic mass is 35.5. The Labute approximate surface area is 159 Å². The minimum absolute atomic E-state index is 0.0247. The summed E-state index contributed by atoms with van der Waals surface area (Å²) in [5, 5.41) is 14.4. The highest BCUT2D eigenvalue weighted by Gasteiger charge is 2.32. The SMILES string of the molecule is CC1CC(NCCN)NC(NC(=O)Nc2ccc(OC(F)(F)F)c(Cl)c2)N1. The highest BCUT2D eigenvalue weighted by molar-refractivity contribution is 6.32. The van der Waals surface area contributed by atoms with Crippen LogP contribution in [0.3, 0.4) is 0 Å². The molecule has 1 aromatic carbocycles. The van der Waals surface area contributed by atoms with Crippen molar-refractivity contribution in [2.75, 3.05) is 18.4 Å². The summed E-state index contributed by atoms with van der Waals surface area (Å²) >= 11 is 5.76. The number of alkyl halides is 3. The van der Waals surface area contributed by atoms with E-state index in [-0.39, 0.29) is 22.9 Å². The molecule has 0 spiro atoms. The number of carbonyl (C=O) groups is 1. The Morgan fingerprint density at radius 1 is 1.41 bits per heavy atom. The summed E-state index contributed by atoms with van der Waals surface area (Å²) < 4.78 is 40.5. The van der Waals surface area contributed by atoms with E-state index in [1.165, 1.54) is 6.07 Å². The van der Waals surface area contributed by atoms with E-state index in [9.17, 15) is 18.0 Å². The second-order valence-corrected chi connectivity index (χ2v) is 6.40. The first-order chi connectivity index (χ1) is 12.7. The molecule has 2 rings (SSSR count). The molecule has 7 N–H and O–H groups in total. The summed E-state index contributed by atoms with van der Waals surface area (Å²) in [6, 6.07) is 3.02. The van der Waals surface area contributed by atoms with Crippen LogP contribution in [0.25, 0.3) is 0 Å². The summed E-state index contributed by atoms with van der Waals surface area (Å²) in [5.41, 5.74) is 5.69. The molecule has 152 valence electrons. The molecule has 0 bridgehead atoms. The molecule has 12 heteroatoms. The Balaban J connectivity index is 1.90. The van der Waals surface area contributed by atoms with Crippen molar-refractivity contribution < 1.29 is 22.7 Å². The Morgan fingerprint density at radius 2 is 2.15 bits per heavy atom. The molecule has 0 aromatic heterocycles. The van der Waals surface area contributed by atoms with Gasteiger partial charge in [0.25, 0.3) is 0 Å². The van der Waals surface area contributed by atoms with Gasteiger partial charge in [0.1, 0.15) is 12.0 Å². The average Bonchev–Trinajstić information content (AvgIpc) is 2.54. The zero-order chi connectivity index (χ0) is 20.0. The lowest BCUT2D eigenvalue weighted by molar-refractivity contribution is -0.274. The molecule has 1 aliphatic heterocycles. The predicted octanol–water partition coefficient (Wildman–Crippen LogP) is 1.49. The van der Waals surface area contributed by atoms with E-state index in [1.807, 2.05) is 6.92 Å². The minimum atomic E-state index is -4.85. The maximum atomic E-state index is 12.2. The lowest BCUT2D eigenvalue weighted by Crippen LogP contribution is -2.68. The van der Waals surface area contributed by atoms with Gasteiger partial charge < -0.3 is 26.4 Å². The van der Waals surface area contributed by atoms with Crippen molar-refractivity contribution in [3.8, 4) is 5.75 Å². The van der Waals surface area contributed by atoms with Crippen LogP contribution in [0.15, 0.2) is 18.2 Å². The second kappa shape index (κ2) is 9.42. The monoisotopic (exact) mass is 410 g/mol. The molecule has 1 heterocycles. The number of hydrogen-bond donors (Lipinski definition) is 6. The molecule has 1 aromatic rings. The maximum absolute atomic E-state index is 12.2. The number of rotatable bonds is 6. The van der Waals surface area contributed by atoms with Gasteiger partial charge in [-0.3, -0.25) is 10.6 Å². The molecule has 3 atom stereocenters. The lowest BCUT2D eigenvalue weighted by atomic mass is 10.1. The van der Waals surface area contributed by atoms with E-state index < -0.39 is 24.4 Å². The molecule has 3 unspecified atom stereocenters. The number of carbonyl (C=O) groups excluding carboxylic acids is 1. The fraction of sp³-hybridized carbons (Fsp3) is 0.533. The highest BCUT2D eigenvalue weighted by Crippen LogP contribution is 2.32. The van der Waals surface area contributed by atoms with Gasteiger partial charge in [-0.15, -0.1) is 13.2 Å². The number of halogens is 4. The molecule has 0 aliphatic carbocycles. The average molecular weight is 411 g/mol. The fourth-order valence-electron chi connectivity index (χ4n) is 2.59. The summed E-state index contributed by atoms with van der Waals surface area (Å²) in [6.45, 7) is 3.10. The predicted molar refractivity (Wildman–Crippen MR) is 95.3 cm³/mol. The Morgan fingerprint density at radius 3 is 2.78 bits per heavy atom. The Hall–Kier alpha value is -1.79. The van der Waals surface area contributed by atoms with E-state index in [0.29, 0.717) is 13.1 Å². The maximum Gasteiger partial charge on any atom is 0.573 e. The summed E-state index contributed by atoms with van der Waals surface area (Å²) in [4.78, 5) is 12.1. The number of nitrogens with one attached hydrogen (secondary N) is 5. The molecular formula is C15H22ClF3N6O2. The van der Waals surface area contributed by atoms with E-state index >= 15 is 0 Å². The third-order valence-corrected chi connectivity index (χ3v) is 3.93. The van der Waals surface area contributed by atoms with Crippen LogP contribution in [-0.2, 0) is 0 Å². The third-order valence-electron chi connectivity index (χ3n) is 3.63. The van der Waals surface area contributed by atoms with Crippen LogP contribution in [0.4, 0.5) is 23.7 Å². The Bertz CT molecular complexity index is 648. The zero-order valence-electron chi connectivity index (χ0n) is 14.5. The van der Waals surface area contributed by atoms with Gasteiger partial charge in [-0.05, 0) is 31.5 Å². The van der Waals surface area contributed by atoms with Gasteiger partial charge in [-0.2, -0.15) is 0 Å². The van der Waals surface area contributed by atoms with E-state index in [4.69, 9.17) is 17.3 Å². The standard InChI is InChI=1S/C15H22ClF3N6O2/c1-8-6-12(21-5-4-20)24-13(22-8)25-14(26)23-9-2-3-11(10(16)7-9)27-15(17,18)19/h2-3,7-8,12-13,21-22,24H,4-6,20H2,1H3,(H2,23,25,26). The molecule has 1 saturated heterocycles. The number of anilines is 1. The van der Waals surface area contributed by atoms with Crippen LogP contribution < -0.4 is 37.1 Å². The molecule has 0 saturated carbocycles. The fourth-order valence-corrected chi connectivity index (χ4v) is 2.81. The zero-order valence-corrected chi connectivity index (χ0v) is 15.2. The van der Waals surface area contributed by atoms with Gasteiger partial charge in [0.15, 0.2) is 0 Å². The van der Waals surface area contributed by atoms with Gasteiger partial charge in [-0.25, -0.2) is 4.79 Å². The quantitative estimate of drug-likeness (QED) is 0.424. The number of amides is 2. The van der Waals surface area contributed by atoms with Crippen molar-refractivity contribution in [2.45, 2.75) is 38.2 Å². The second-order valence-electron chi connectivity index (χ2n) is 5.99. The lowest BCUT2D eigenvalue weighted by Gasteiger charge is -2.36. The van der Waals surface area contributed by atoms with E-state index in [2.05, 4.69) is 31.3 Å². The number of urea groups is 1. The van der Waals surface area contributed by atoms with Crippen molar-refractivity contribution in [1.82, 2.24) is 21.3 Å². The van der Waals surface area contributed by atoms with Gasteiger partial charge in [0, 0.05) is 24.8 Å². The number of hydrogen-bond acceptors (Lipinski definition) is 6. The van der Waals surface area contributed by atoms with Gasteiger partial charge in [0.2, 0.25) is 0 Å². The van der Waals surface area contributed by atoms with Crippen molar-refractivity contribution in [1.29, 1.82) is 0 Å². The smallest absolute Gasteiger partial charge is 0.404 e. The van der Waals surface area contributed by atoms with Crippen molar-refractivity contribution in [3.05, 3.63) is 23.2 Å². The molecule has 27 heavy (non-hydrogen) atoms. The number of benzene rings is 1. The largest absolute Gasteiger partial charge is 0.573 e. The van der Waals surface area contributed by atoms with Crippen LogP contribution in [0.2, 0.25) is 5.02 Å². The normalized spacial score (nSPS) is 23.0. The first-order valence-electron chi connectivity index (χ1n) is 8.24. The van der Waals surface area contributed by atoms with Gasteiger partial charge in [0.05, 0.1) is 11.2 Å². The van der Waals surface area contributed by atoms with E-state index in [0.717, 1.165) is 18.6 Å². The summed E-state index contributed by atoms with van der Waals surface area (Å²) in [6.07, 6.45) is -4.58.